The van der Waals surface area contributed by atoms with E-state index in [9.17, 15) is 14.0 Å². The van der Waals surface area contributed by atoms with Crippen molar-refractivity contribution in [1.29, 1.82) is 0 Å². The lowest BCUT2D eigenvalue weighted by molar-refractivity contribution is -0.133. The Morgan fingerprint density at radius 1 is 1.11 bits per heavy atom. The lowest BCUT2D eigenvalue weighted by Crippen LogP contribution is -2.50. The number of fused-ring (bicyclic) bond motifs is 1. The molecule has 0 radical (unpaired) electrons. The van der Waals surface area contributed by atoms with Crippen molar-refractivity contribution in [1.82, 2.24) is 29.7 Å². The van der Waals surface area contributed by atoms with Gasteiger partial charge in [-0.05, 0) is 36.8 Å². The van der Waals surface area contributed by atoms with Crippen LogP contribution in [0.5, 0.6) is 0 Å². The van der Waals surface area contributed by atoms with Crippen molar-refractivity contribution < 1.29 is 18.7 Å². The number of hydrogen-bond donors (Lipinski definition) is 1. The molecule has 0 unspecified atom stereocenters. The minimum absolute atomic E-state index is 0.00137. The quantitative estimate of drug-likeness (QED) is 0.473. The number of carbonyl (C=O) groups is 2. The van der Waals surface area contributed by atoms with Crippen LogP contribution in [0.1, 0.15) is 12.5 Å². The molecule has 200 valence electrons. The molecule has 2 fully saturated rings. The number of morpholine rings is 1. The monoisotopic (exact) mass is 521 g/mol. The standard InChI is InChI=1S/C27H32FN7O3/c1-2-5-24(36)29-17-25(37)33-10-8-32(9-11-33)18-20-16-23-27(34-12-14-38-15-13-34)30-26(31-35(23)19-20)21-6-3-4-7-22(21)28/h2-7,16,19H,8-15,17-18H2,1H3,(H,29,36)/b5-2-. The van der Waals surface area contributed by atoms with E-state index in [4.69, 9.17) is 9.72 Å². The minimum atomic E-state index is -0.360. The van der Waals surface area contributed by atoms with Gasteiger partial charge in [0.05, 0.1) is 25.3 Å². The largest absolute Gasteiger partial charge is 0.378 e. The van der Waals surface area contributed by atoms with E-state index in [1.54, 1.807) is 40.6 Å². The fourth-order valence-corrected chi connectivity index (χ4v) is 4.79. The first kappa shape index (κ1) is 25.8. The number of piperazine rings is 1. The van der Waals surface area contributed by atoms with Crippen LogP contribution in [0.15, 0.2) is 48.7 Å². The predicted molar refractivity (Wildman–Crippen MR) is 141 cm³/mol. The number of aromatic nitrogens is 3. The van der Waals surface area contributed by atoms with Crippen LogP contribution in [0.3, 0.4) is 0 Å². The molecule has 0 saturated carbocycles. The molecule has 0 spiro atoms. The van der Waals surface area contributed by atoms with Gasteiger partial charge < -0.3 is 19.9 Å². The highest BCUT2D eigenvalue weighted by Crippen LogP contribution is 2.27. The van der Waals surface area contributed by atoms with Gasteiger partial charge in [-0.15, -0.1) is 5.10 Å². The Morgan fingerprint density at radius 3 is 2.61 bits per heavy atom. The van der Waals surface area contributed by atoms with E-state index < -0.39 is 0 Å². The van der Waals surface area contributed by atoms with Crippen molar-refractivity contribution in [2.75, 3.05) is 63.9 Å². The molecule has 2 aromatic heterocycles. The third-order valence-electron chi connectivity index (χ3n) is 6.79. The average Bonchev–Trinajstić information content (AvgIpc) is 3.35. The van der Waals surface area contributed by atoms with E-state index in [0.717, 1.165) is 30.0 Å². The Hall–Kier alpha value is -3.83. The number of nitrogens with one attached hydrogen (secondary N) is 1. The molecular weight excluding hydrogens is 489 g/mol. The fourth-order valence-electron chi connectivity index (χ4n) is 4.79. The molecule has 1 N–H and O–H groups in total. The maximum atomic E-state index is 14.6. The molecular formula is C27H32FN7O3. The van der Waals surface area contributed by atoms with Gasteiger partial charge in [-0.1, -0.05) is 18.2 Å². The van der Waals surface area contributed by atoms with Crippen LogP contribution in [0, 0.1) is 5.82 Å². The van der Waals surface area contributed by atoms with E-state index in [-0.39, 0.29) is 24.2 Å². The Morgan fingerprint density at radius 2 is 1.87 bits per heavy atom. The molecule has 2 saturated heterocycles. The van der Waals surface area contributed by atoms with Crippen LogP contribution < -0.4 is 10.2 Å². The van der Waals surface area contributed by atoms with Gasteiger partial charge in [0.15, 0.2) is 11.6 Å². The van der Waals surface area contributed by atoms with Gasteiger partial charge in [0, 0.05) is 52.0 Å². The first-order valence-corrected chi connectivity index (χ1v) is 12.9. The number of amides is 2. The van der Waals surface area contributed by atoms with Crippen LogP contribution in [-0.2, 0) is 20.9 Å². The number of nitrogens with zero attached hydrogens (tertiary/aromatic N) is 6. The molecule has 5 rings (SSSR count). The molecule has 0 aliphatic carbocycles. The number of anilines is 1. The SMILES string of the molecule is C/C=C\C(=O)NCC(=O)N1CCN(Cc2cc3c(N4CCOCC4)nc(-c4ccccc4F)nn3c2)CC1. The molecule has 0 atom stereocenters. The molecule has 10 nitrogen and oxygen atoms in total. The highest BCUT2D eigenvalue weighted by atomic mass is 19.1. The number of halogens is 1. The van der Waals surface area contributed by atoms with Crippen molar-refractivity contribution in [3.05, 3.63) is 60.1 Å². The maximum Gasteiger partial charge on any atom is 0.244 e. The van der Waals surface area contributed by atoms with E-state index in [1.165, 1.54) is 12.1 Å². The van der Waals surface area contributed by atoms with Crippen LogP contribution in [-0.4, -0.2) is 95.2 Å². The third kappa shape index (κ3) is 5.84. The fraction of sp³-hybridized carbons (Fsp3) is 0.407. The summed E-state index contributed by atoms with van der Waals surface area (Å²) in [5.41, 5.74) is 2.30. The molecule has 38 heavy (non-hydrogen) atoms. The molecule has 0 bridgehead atoms. The smallest absolute Gasteiger partial charge is 0.244 e. The van der Waals surface area contributed by atoms with Crippen LogP contribution in [0.25, 0.3) is 16.9 Å². The molecule has 2 aliphatic heterocycles. The van der Waals surface area contributed by atoms with Gasteiger partial charge in [0.2, 0.25) is 11.8 Å². The zero-order valence-corrected chi connectivity index (χ0v) is 21.5. The Balaban J connectivity index is 1.30. The number of ether oxygens (including phenoxy) is 1. The first-order valence-electron chi connectivity index (χ1n) is 12.9. The van der Waals surface area contributed by atoms with Gasteiger partial charge in [-0.3, -0.25) is 14.5 Å². The number of rotatable bonds is 7. The van der Waals surface area contributed by atoms with Crippen LogP contribution in [0.4, 0.5) is 10.2 Å². The summed E-state index contributed by atoms with van der Waals surface area (Å²) in [6.07, 6.45) is 5.01. The molecule has 2 aliphatic rings. The van der Waals surface area contributed by atoms with Crippen molar-refractivity contribution in [3.63, 3.8) is 0 Å². The average molecular weight is 522 g/mol. The molecule has 4 heterocycles. The van der Waals surface area contributed by atoms with Crippen molar-refractivity contribution in [3.8, 4) is 11.4 Å². The minimum Gasteiger partial charge on any atom is -0.378 e. The number of benzene rings is 1. The summed E-state index contributed by atoms with van der Waals surface area (Å²) >= 11 is 0. The predicted octanol–water partition coefficient (Wildman–Crippen LogP) is 1.71. The summed E-state index contributed by atoms with van der Waals surface area (Å²) < 4.78 is 21.9. The number of carbonyl (C=O) groups excluding carboxylic acids is 2. The summed E-state index contributed by atoms with van der Waals surface area (Å²) in [5.74, 6) is 0.401. The second-order valence-electron chi connectivity index (χ2n) is 9.39. The van der Waals surface area contributed by atoms with Crippen molar-refractivity contribution in [2.45, 2.75) is 13.5 Å². The number of hydrogen-bond acceptors (Lipinski definition) is 7. The van der Waals surface area contributed by atoms with Gasteiger partial charge in [0.25, 0.3) is 0 Å². The highest BCUT2D eigenvalue weighted by molar-refractivity contribution is 5.91. The number of allylic oxidation sites excluding steroid dienone is 1. The zero-order valence-electron chi connectivity index (χ0n) is 21.5. The third-order valence-corrected chi connectivity index (χ3v) is 6.79. The second kappa shape index (κ2) is 11.7. The van der Waals surface area contributed by atoms with Crippen molar-refractivity contribution >= 4 is 23.1 Å². The van der Waals surface area contributed by atoms with Gasteiger partial charge >= 0.3 is 0 Å². The van der Waals surface area contributed by atoms with E-state index in [2.05, 4.69) is 26.3 Å². The summed E-state index contributed by atoms with van der Waals surface area (Å²) in [7, 11) is 0. The van der Waals surface area contributed by atoms with Crippen molar-refractivity contribution in [2.24, 2.45) is 0 Å². The zero-order chi connectivity index (χ0) is 26.5. The first-order chi connectivity index (χ1) is 18.5. The summed E-state index contributed by atoms with van der Waals surface area (Å²) in [6.45, 7) is 7.73. The van der Waals surface area contributed by atoms with E-state index in [0.29, 0.717) is 57.3 Å². The Labute approximate surface area is 220 Å². The van der Waals surface area contributed by atoms with E-state index >= 15 is 0 Å². The highest BCUT2D eigenvalue weighted by Gasteiger charge is 2.23. The molecule has 3 aromatic rings. The van der Waals surface area contributed by atoms with Gasteiger partial charge in [-0.25, -0.2) is 13.9 Å². The van der Waals surface area contributed by atoms with E-state index in [1.807, 2.05) is 6.20 Å². The summed E-state index contributed by atoms with van der Waals surface area (Å²) in [5, 5.41) is 7.27. The maximum absolute atomic E-state index is 14.6. The summed E-state index contributed by atoms with van der Waals surface area (Å²) in [6, 6.07) is 8.63. The lowest BCUT2D eigenvalue weighted by Gasteiger charge is -2.34. The topological polar surface area (TPSA) is 95.3 Å². The lowest BCUT2D eigenvalue weighted by atomic mass is 10.2. The second-order valence-corrected chi connectivity index (χ2v) is 9.39. The van der Waals surface area contributed by atoms with Crippen LogP contribution in [0.2, 0.25) is 0 Å². The normalized spacial score (nSPS) is 16.9. The van der Waals surface area contributed by atoms with Gasteiger partial charge in [-0.2, -0.15) is 0 Å². The Bertz CT molecular complexity index is 1330. The van der Waals surface area contributed by atoms with Gasteiger partial charge in [0.1, 0.15) is 11.3 Å². The molecule has 2 amide bonds. The van der Waals surface area contributed by atoms with Crippen LogP contribution >= 0.6 is 0 Å². The molecule has 1 aromatic carbocycles. The molecule has 11 heteroatoms. The summed E-state index contributed by atoms with van der Waals surface area (Å²) in [4.78, 5) is 35.1. The Kier molecular flexibility index (Phi) is 7.94.